The predicted molar refractivity (Wildman–Crippen MR) is 114 cm³/mol. The van der Waals surface area contributed by atoms with Crippen LogP contribution in [-0.4, -0.2) is 25.3 Å². The predicted octanol–water partition coefficient (Wildman–Crippen LogP) is 5.51. The molecule has 1 heterocycles. The molecule has 1 aromatic heterocycles. The first-order valence-corrected chi connectivity index (χ1v) is 11.5. The Labute approximate surface area is 189 Å². The molecular weight excluding hydrogens is 459 g/mol. The molecule has 1 amide bonds. The van der Waals surface area contributed by atoms with Crippen LogP contribution in [0.4, 0.5) is 13.2 Å². The van der Waals surface area contributed by atoms with E-state index < -0.39 is 26.8 Å². The molecule has 0 aliphatic heterocycles. The average molecular weight is 481 g/mol. The normalized spacial score (nSPS) is 12.9. The first-order valence-electron chi connectivity index (χ1n) is 10.1. The van der Waals surface area contributed by atoms with Gasteiger partial charge in [0.2, 0.25) is 0 Å². The Bertz CT molecular complexity index is 1210. The van der Waals surface area contributed by atoms with Gasteiger partial charge in [-0.05, 0) is 49.7 Å². The largest absolute Gasteiger partial charge is 0.459 e. The number of carbonyl (C=O) groups excluding carboxylic acids is 1. The molecule has 10 heteroatoms. The molecule has 0 saturated carbocycles. The number of nitrogens with zero attached hydrogens (tertiary/aromatic N) is 1. The van der Waals surface area contributed by atoms with Crippen molar-refractivity contribution in [3.63, 3.8) is 0 Å². The van der Waals surface area contributed by atoms with Crippen LogP contribution in [0.3, 0.4) is 0 Å². The zero-order valence-electron chi connectivity index (χ0n) is 17.9. The summed E-state index contributed by atoms with van der Waals surface area (Å²) in [4.78, 5) is 13.8. The molecule has 0 N–H and O–H groups in total. The Morgan fingerprint density at radius 1 is 1.09 bits per heavy atom. The van der Waals surface area contributed by atoms with Gasteiger partial charge in [-0.2, -0.15) is 21.6 Å². The summed E-state index contributed by atoms with van der Waals surface area (Å²) in [5.41, 5.74) is -0.735. The van der Waals surface area contributed by atoms with Crippen LogP contribution in [0.5, 0.6) is 5.75 Å². The molecule has 0 spiro atoms. The molecule has 0 fully saturated rings. The SMILES string of the molecule is CCC(C)N(Cc1ccccc1OS(=O)(=O)c1cccc(C(F)(F)F)c1)C(=O)c1ccco1. The lowest BCUT2D eigenvalue weighted by molar-refractivity contribution is -0.137. The van der Waals surface area contributed by atoms with Gasteiger partial charge in [0.05, 0.1) is 18.4 Å². The van der Waals surface area contributed by atoms with E-state index in [1.807, 2.05) is 13.8 Å². The van der Waals surface area contributed by atoms with Crippen molar-refractivity contribution in [3.8, 4) is 5.75 Å². The van der Waals surface area contributed by atoms with Crippen LogP contribution in [0, 0.1) is 0 Å². The molecule has 2 aromatic carbocycles. The summed E-state index contributed by atoms with van der Waals surface area (Å²) in [6.07, 6.45) is -2.70. The fraction of sp³-hybridized carbons (Fsp3) is 0.261. The van der Waals surface area contributed by atoms with Gasteiger partial charge in [-0.15, -0.1) is 0 Å². The van der Waals surface area contributed by atoms with Gasteiger partial charge in [0.15, 0.2) is 5.76 Å². The fourth-order valence-corrected chi connectivity index (χ4v) is 4.10. The maximum atomic E-state index is 13.0. The van der Waals surface area contributed by atoms with E-state index in [1.54, 1.807) is 18.2 Å². The third-order valence-electron chi connectivity index (χ3n) is 5.08. The summed E-state index contributed by atoms with van der Waals surface area (Å²) in [6, 6.07) is 12.4. The number of carbonyl (C=O) groups is 1. The van der Waals surface area contributed by atoms with Gasteiger partial charge >= 0.3 is 16.3 Å². The number of furan rings is 1. The lowest BCUT2D eigenvalue weighted by atomic mass is 10.1. The Morgan fingerprint density at radius 2 is 1.82 bits per heavy atom. The molecule has 0 aliphatic carbocycles. The smallest absolute Gasteiger partial charge is 0.416 e. The molecule has 0 bridgehead atoms. The lowest BCUT2D eigenvalue weighted by Crippen LogP contribution is -2.37. The highest BCUT2D eigenvalue weighted by Gasteiger charge is 2.32. The number of halogens is 3. The molecule has 6 nitrogen and oxygen atoms in total. The number of hydrogen-bond donors (Lipinski definition) is 0. The minimum atomic E-state index is -4.70. The summed E-state index contributed by atoms with van der Waals surface area (Å²) in [6.45, 7) is 3.74. The molecule has 0 radical (unpaired) electrons. The van der Waals surface area contributed by atoms with Crippen LogP contribution >= 0.6 is 0 Å². The minimum Gasteiger partial charge on any atom is -0.459 e. The van der Waals surface area contributed by atoms with Gasteiger partial charge in [0, 0.05) is 11.6 Å². The summed E-state index contributed by atoms with van der Waals surface area (Å²) >= 11 is 0. The molecule has 1 unspecified atom stereocenters. The molecule has 0 saturated heterocycles. The zero-order valence-corrected chi connectivity index (χ0v) is 18.7. The quantitative estimate of drug-likeness (QED) is 0.397. The zero-order chi connectivity index (χ0) is 24.2. The fourth-order valence-electron chi connectivity index (χ4n) is 3.08. The van der Waals surface area contributed by atoms with Crippen molar-refractivity contribution in [2.24, 2.45) is 0 Å². The minimum absolute atomic E-state index is 0.00280. The Kier molecular flexibility index (Phi) is 7.16. The number of para-hydroxylation sites is 1. The number of alkyl halides is 3. The van der Waals surface area contributed by atoms with Crippen LogP contribution in [0.1, 0.15) is 41.9 Å². The van der Waals surface area contributed by atoms with E-state index in [0.29, 0.717) is 18.1 Å². The molecular formula is C23H22F3NO5S. The van der Waals surface area contributed by atoms with Crippen molar-refractivity contribution < 1.29 is 35.0 Å². The molecule has 176 valence electrons. The molecule has 3 aromatic rings. The van der Waals surface area contributed by atoms with Gasteiger partial charge in [0.25, 0.3) is 5.91 Å². The van der Waals surface area contributed by atoms with Crippen LogP contribution < -0.4 is 4.18 Å². The maximum absolute atomic E-state index is 13.0. The molecule has 33 heavy (non-hydrogen) atoms. The van der Waals surface area contributed by atoms with Gasteiger partial charge in [-0.3, -0.25) is 4.79 Å². The van der Waals surface area contributed by atoms with E-state index in [0.717, 1.165) is 18.2 Å². The monoisotopic (exact) mass is 481 g/mol. The average Bonchev–Trinajstić information content (AvgIpc) is 3.32. The maximum Gasteiger partial charge on any atom is 0.416 e. The highest BCUT2D eigenvalue weighted by Crippen LogP contribution is 2.32. The van der Waals surface area contributed by atoms with Gasteiger partial charge in [-0.1, -0.05) is 31.2 Å². The third kappa shape index (κ3) is 5.75. The second-order valence-electron chi connectivity index (χ2n) is 7.34. The summed E-state index contributed by atoms with van der Waals surface area (Å²) < 4.78 is 74.9. The second-order valence-corrected chi connectivity index (χ2v) is 8.88. The first-order chi connectivity index (χ1) is 15.5. The summed E-state index contributed by atoms with van der Waals surface area (Å²) in [5, 5.41) is 0. The van der Waals surface area contributed by atoms with Crippen molar-refractivity contribution in [1.29, 1.82) is 0 Å². The summed E-state index contributed by atoms with van der Waals surface area (Å²) in [7, 11) is -4.57. The van der Waals surface area contributed by atoms with Crippen LogP contribution in [0.15, 0.2) is 76.2 Å². The third-order valence-corrected chi connectivity index (χ3v) is 6.31. The summed E-state index contributed by atoms with van der Waals surface area (Å²) in [5.74, 6) is -0.342. The molecule has 3 rings (SSSR count). The van der Waals surface area contributed by atoms with E-state index in [2.05, 4.69) is 0 Å². The van der Waals surface area contributed by atoms with Crippen molar-refractivity contribution >= 4 is 16.0 Å². The van der Waals surface area contributed by atoms with Crippen molar-refractivity contribution in [3.05, 3.63) is 83.8 Å². The van der Waals surface area contributed by atoms with Crippen LogP contribution in [-0.2, 0) is 22.8 Å². The Hall–Kier alpha value is -3.27. The van der Waals surface area contributed by atoms with Crippen molar-refractivity contribution in [2.45, 2.75) is 43.9 Å². The first kappa shape index (κ1) is 24.4. The van der Waals surface area contributed by atoms with E-state index in [9.17, 15) is 26.4 Å². The number of rotatable bonds is 8. The second kappa shape index (κ2) is 9.70. The van der Waals surface area contributed by atoms with Gasteiger partial charge in [-0.25, -0.2) is 0 Å². The van der Waals surface area contributed by atoms with E-state index in [1.165, 1.54) is 29.4 Å². The highest BCUT2D eigenvalue weighted by atomic mass is 32.2. The number of amides is 1. The Balaban J connectivity index is 1.92. The standard InChI is InChI=1S/C23H22F3NO5S/c1-3-16(2)27(22(28)21-12-7-13-31-21)15-17-8-4-5-11-20(17)32-33(29,30)19-10-6-9-18(14-19)23(24,25)26/h4-14,16H,3,15H2,1-2H3. The van der Waals surface area contributed by atoms with Crippen LogP contribution in [0.25, 0.3) is 0 Å². The molecule has 0 aliphatic rings. The lowest BCUT2D eigenvalue weighted by Gasteiger charge is -2.28. The number of benzene rings is 2. The van der Waals surface area contributed by atoms with Gasteiger partial charge in [0.1, 0.15) is 10.6 Å². The highest BCUT2D eigenvalue weighted by molar-refractivity contribution is 7.87. The molecule has 1 atom stereocenters. The Morgan fingerprint density at radius 3 is 2.45 bits per heavy atom. The van der Waals surface area contributed by atoms with Crippen molar-refractivity contribution in [2.75, 3.05) is 0 Å². The van der Waals surface area contributed by atoms with E-state index in [4.69, 9.17) is 8.60 Å². The van der Waals surface area contributed by atoms with Crippen LogP contribution in [0.2, 0.25) is 0 Å². The van der Waals surface area contributed by atoms with Crippen molar-refractivity contribution in [1.82, 2.24) is 4.90 Å². The van der Waals surface area contributed by atoms with E-state index in [-0.39, 0.29) is 30.0 Å². The topological polar surface area (TPSA) is 76.8 Å². The van der Waals surface area contributed by atoms with Gasteiger partial charge < -0.3 is 13.5 Å². The van der Waals surface area contributed by atoms with E-state index >= 15 is 0 Å². The number of hydrogen-bond acceptors (Lipinski definition) is 5.